The van der Waals surface area contributed by atoms with E-state index in [0.29, 0.717) is 28.4 Å². The third-order valence-electron chi connectivity index (χ3n) is 5.21. The molecule has 178 valence electrons. The van der Waals surface area contributed by atoms with Gasteiger partial charge in [-0.05, 0) is 67.1 Å². The maximum atomic E-state index is 13.5. The lowest BCUT2D eigenvalue weighted by Crippen LogP contribution is -2.14. The molecule has 3 aromatic carbocycles. The summed E-state index contributed by atoms with van der Waals surface area (Å²) in [6.45, 7) is 1.93. The molecular weight excluding hydrogens is 449 g/mol. The first kappa shape index (κ1) is 23.7. The number of carbonyl (C=O) groups excluding carboxylic acids is 2. The average Bonchev–Trinajstić information content (AvgIpc) is 3.31. The van der Waals surface area contributed by atoms with Gasteiger partial charge in [0.2, 0.25) is 5.91 Å². The number of esters is 1. The van der Waals surface area contributed by atoms with Crippen LogP contribution in [0.5, 0.6) is 5.75 Å². The summed E-state index contributed by atoms with van der Waals surface area (Å²) >= 11 is 0. The molecule has 1 N–H and O–H groups in total. The first-order chi connectivity index (χ1) is 17.0. The molecule has 35 heavy (non-hydrogen) atoms. The number of hydrogen-bond acceptors (Lipinski definition) is 5. The van der Waals surface area contributed by atoms with Crippen LogP contribution in [0.2, 0.25) is 0 Å². The van der Waals surface area contributed by atoms with Crippen LogP contribution >= 0.6 is 0 Å². The van der Waals surface area contributed by atoms with Crippen molar-refractivity contribution >= 4 is 17.6 Å². The van der Waals surface area contributed by atoms with Crippen LogP contribution in [0.1, 0.15) is 23.0 Å². The van der Waals surface area contributed by atoms with E-state index in [4.69, 9.17) is 9.47 Å². The van der Waals surface area contributed by atoms with E-state index in [-0.39, 0.29) is 30.4 Å². The number of amides is 1. The van der Waals surface area contributed by atoms with Crippen molar-refractivity contribution in [1.29, 1.82) is 0 Å². The number of rotatable bonds is 8. The van der Waals surface area contributed by atoms with E-state index in [1.807, 2.05) is 30.3 Å². The molecule has 0 bridgehead atoms. The molecule has 0 saturated heterocycles. The summed E-state index contributed by atoms with van der Waals surface area (Å²) in [6, 6.07) is 21.9. The Morgan fingerprint density at radius 1 is 1.00 bits per heavy atom. The van der Waals surface area contributed by atoms with Crippen LogP contribution in [-0.4, -0.2) is 35.4 Å². The van der Waals surface area contributed by atoms with E-state index in [0.717, 1.165) is 5.56 Å². The van der Waals surface area contributed by atoms with E-state index in [2.05, 4.69) is 10.4 Å². The molecule has 0 atom stereocenters. The molecule has 4 aromatic rings. The molecule has 0 saturated carbocycles. The van der Waals surface area contributed by atoms with Gasteiger partial charge in [0.1, 0.15) is 11.6 Å². The van der Waals surface area contributed by atoms with E-state index < -0.39 is 5.97 Å². The molecule has 0 fully saturated rings. The number of hydrogen-bond donors (Lipinski definition) is 1. The second-order valence-electron chi connectivity index (χ2n) is 7.68. The predicted molar refractivity (Wildman–Crippen MR) is 130 cm³/mol. The fourth-order valence-corrected chi connectivity index (χ4v) is 3.60. The maximum Gasteiger partial charge on any atom is 0.358 e. The van der Waals surface area contributed by atoms with Crippen molar-refractivity contribution in [2.75, 3.05) is 19.0 Å². The fourth-order valence-electron chi connectivity index (χ4n) is 3.60. The lowest BCUT2D eigenvalue weighted by atomic mass is 10.1. The molecule has 0 aliphatic heterocycles. The van der Waals surface area contributed by atoms with Crippen LogP contribution in [0, 0.1) is 5.82 Å². The standard InChI is InChI=1S/C27H24FN3O4/c1-3-35-27(33)24-17-25(31(30-24)22-12-10-20(28)11-13-22)19-7-5-8-21(16-19)29-26(32)15-18-6-4-9-23(14-18)34-2/h4-14,16-17H,3,15H2,1-2H3,(H,29,32). The summed E-state index contributed by atoms with van der Waals surface area (Å²) in [6.07, 6.45) is 0.182. The minimum absolute atomic E-state index is 0.124. The number of aromatic nitrogens is 2. The first-order valence-electron chi connectivity index (χ1n) is 11.0. The van der Waals surface area contributed by atoms with Crippen LogP contribution in [0.4, 0.5) is 10.1 Å². The summed E-state index contributed by atoms with van der Waals surface area (Å²) in [4.78, 5) is 25.0. The SMILES string of the molecule is CCOC(=O)c1cc(-c2cccc(NC(=O)Cc3cccc(OC)c3)c2)n(-c2ccc(F)cc2)n1. The number of nitrogens with one attached hydrogen (secondary N) is 1. The first-order valence-corrected chi connectivity index (χ1v) is 11.0. The summed E-state index contributed by atoms with van der Waals surface area (Å²) < 4.78 is 25.3. The molecule has 0 unspecified atom stereocenters. The maximum absolute atomic E-state index is 13.5. The van der Waals surface area contributed by atoms with Gasteiger partial charge in [0.15, 0.2) is 5.69 Å². The highest BCUT2D eigenvalue weighted by atomic mass is 19.1. The number of nitrogens with zero attached hydrogens (tertiary/aromatic N) is 2. The third kappa shape index (κ3) is 5.73. The van der Waals surface area contributed by atoms with Gasteiger partial charge in [-0.25, -0.2) is 13.9 Å². The molecule has 0 aliphatic rings. The van der Waals surface area contributed by atoms with Gasteiger partial charge < -0.3 is 14.8 Å². The average molecular weight is 474 g/mol. The molecule has 8 heteroatoms. The second-order valence-corrected chi connectivity index (χ2v) is 7.68. The lowest BCUT2D eigenvalue weighted by molar-refractivity contribution is -0.115. The molecule has 0 radical (unpaired) electrons. The Kier molecular flexibility index (Phi) is 7.21. The Hall–Kier alpha value is -4.46. The van der Waals surface area contributed by atoms with Gasteiger partial charge in [-0.3, -0.25) is 4.79 Å². The Bertz CT molecular complexity index is 1350. The second kappa shape index (κ2) is 10.6. The summed E-state index contributed by atoms with van der Waals surface area (Å²) in [5.41, 5.74) is 3.40. The van der Waals surface area contributed by atoms with Gasteiger partial charge >= 0.3 is 5.97 Å². The molecule has 0 aliphatic carbocycles. The van der Waals surface area contributed by atoms with Crippen molar-refractivity contribution < 1.29 is 23.5 Å². The van der Waals surface area contributed by atoms with Gasteiger partial charge in [0, 0.05) is 11.3 Å². The Morgan fingerprint density at radius 2 is 1.77 bits per heavy atom. The summed E-state index contributed by atoms with van der Waals surface area (Å²) in [7, 11) is 1.58. The number of benzene rings is 3. The zero-order chi connectivity index (χ0) is 24.8. The number of anilines is 1. The van der Waals surface area contributed by atoms with Crippen molar-refractivity contribution in [2.24, 2.45) is 0 Å². The smallest absolute Gasteiger partial charge is 0.358 e. The van der Waals surface area contributed by atoms with E-state index in [1.165, 1.54) is 12.1 Å². The molecule has 7 nitrogen and oxygen atoms in total. The number of ether oxygens (including phenoxy) is 2. The molecule has 4 rings (SSSR count). The minimum atomic E-state index is -0.558. The highest BCUT2D eigenvalue weighted by molar-refractivity contribution is 5.93. The lowest BCUT2D eigenvalue weighted by Gasteiger charge is -2.10. The Balaban J connectivity index is 1.62. The minimum Gasteiger partial charge on any atom is -0.497 e. The van der Waals surface area contributed by atoms with Gasteiger partial charge in [-0.15, -0.1) is 0 Å². The summed E-state index contributed by atoms with van der Waals surface area (Å²) in [5.74, 6) is -0.440. The van der Waals surface area contributed by atoms with E-state index in [1.54, 1.807) is 55.1 Å². The quantitative estimate of drug-likeness (QED) is 0.363. The number of halogens is 1. The van der Waals surface area contributed by atoms with Crippen LogP contribution < -0.4 is 10.1 Å². The number of carbonyl (C=O) groups is 2. The molecule has 1 heterocycles. The monoisotopic (exact) mass is 473 g/mol. The van der Waals surface area contributed by atoms with E-state index >= 15 is 0 Å². The largest absolute Gasteiger partial charge is 0.497 e. The van der Waals surface area contributed by atoms with Crippen molar-refractivity contribution in [3.05, 3.63) is 95.9 Å². The van der Waals surface area contributed by atoms with Crippen LogP contribution in [-0.2, 0) is 16.0 Å². The predicted octanol–water partition coefficient (Wildman–Crippen LogP) is 5.04. The third-order valence-corrected chi connectivity index (χ3v) is 5.21. The molecule has 1 aromatic heterocycles. The van der Waals surface area contributed by atoms with Crippen molar-refractivity contribution in [1.82, 2.24) is 9.78 Å². The fraction of sp³-hybridized carbons (Fsp3) is 0.148. The molecule has 1 amide bonds. The van der Waals surface area contributed by atoms with Gasteiger partial charge in [0.25, 0.3) is 0 Å². The van der Waals surface area contributed by atoms with Crippen molar-refractivity contribution in [2.45, 2.75) is 13.3 Å². The molecular formula is C27H24FN3O4. The highest BCUT2D eigenvalue weighted by Gasteiger charge is 2.18. The van der Waals surface area contributed by atoms with Gasteiger partial charge in [-0.1, -0.05) is 24.3 Å². The zero-order valence-corrected chi connectivity index (χ0v) is 19.3. The van der Waals surface area contributed by atoms with Gasteiger partial charge in [0.05, 0.1) is 31.5 Å². The van der Waals surface area contributed by atoms with Crippen LogP contribution in [0.25, 0.3) is 16.9 Å². The normalized spacial score (nSPS) is 10.6. The topological polar surface area (TPSA) is 82.5 Å². The van der Waals surface area contributed by atoms with Crippen LogP contribution in [0.3, 0.4) is 0 Å². The number of methoxy groups -OCH3 is 1. The van der Waals surface area contributed by atoms with Crippen molar-refractivity contribution in [3.8, 4) is 22.7 Å². The molecule has 0 spiro atoms. The van der Waals surface area contributed by atoms with Crippen LogP contribution in [0.15, 0.2) is 78.9 Å². The Labute approximate surface area is 202 Å². The van der Waals surface area contributed by atoms with Crippen molar-refractivity contribution in [3.63, 3.8) is 0 Å². The zero-order valence-electron chi connectivity index (χ0n) is 19.3. The Morgan fingerprint density at radius 3 is 2.51 bits per heavy atom. The highest BCUT2D eigenvalue weighted by Crippen LogP contribution is 2.27. The van der Waals surface area contributed by atoms with E-state index in [9.17, 15) is 14.0 Å². The summed E-state index contributed by atoms with van der Waals surface area (Å²) in [5, 5.41) is 7.29. The van der Waals surface area contributed by atoms with Gasteiger partial charge in [-0.2, -0.15) is 5.10 Å².